The number of hydroxylamine groups is 1. The van der Waals surface area contributed by atoms with Crippen molar-refractivity contribution in [3.8, 4) is 0 Å². The van der Waals surface area contributed by atoms with Crippen molar-refractivity contribution in [1.82, 2.24) is 26.0 Å². The van der Waals surface area contributed by atoms with Gasteiger partial charge in [-0.15, -0.1) is 23.1 Å². The van der Waals surface area contributed by atoms with Crippen molar-refractivity contribution in [3.05, 3.63) is 81.5 Å². The molecule has 1 fully saturated rings. The predicted molar refractivity (Wildman–Crippen MR) is 182 cm³/mol. The third-order valence-corrected chi connectivity index (χ3v) is 9.55. The van der Waals surface area contributed by atoms with Crippen LogP contribution in [0.25, 0.3) is 0 Å². The zero-order valence-electron chi connectivity index (χ0n) is 27.3. The highest BCUT2D eigenvalue weighted by molar-refractivity contribution is 8.00. The average molecular weight is 758 g/mol. The summed E-state index contributed by atoms with van der Waals surface area (Å²) in [7, 11) is 0. The molecule has 274 valence electrons. The van der Waals surface area contributed by atoms with Gasteiger partial charge in [-0.2, -0.15) is 0 Å². The molecule has 0 radical (unpaired) electrons. The van der Waals surface area contributed by atoms with Crippen molar-refractivity contribution in [2.75, 3.05) is 18.0 Å². The molecule has 1 aromatic heterocycles. The number of rotatable bonds is 14. The lowest BCUT2D eigenvalue weighted by molar-refractivity contribution is -0.161. The first kappa shape index (κ1) is 37.3. The molecule has 52 heavy (non-hydrogen) atoms. The maximum Gasteiger partial charge on any atom is 0.512 e. The molecule has 1 aromatic carbocycles. The van der Waals surface area contributed by atoms with Crippen LogP contribution in [0.2, 0.25) is 0 Å². The fourth-order valence-electron chi connectivity index (χ4n) is 4.75. The van der Waals surface area contributed by atoms with Gasteiger partial charge >= 0.3 is 12.1 Å². The Kier molecular flexibility index (Phi) is 11.2. The highest BCUT2D eigenvalue weighted by atomic mass is 32.2. The second-order valence-electron chi connectivity index (χ2n) is 11.6. The number of ketones is 1. The number of hydrogen-bond acceptors (Lipinski definition) is 16. The highest BCUT2D eigenvalue weighted by Crippen LogP contribution is 2.40. The van der Waals surface area contributed by atoms with Gasteiger partial charge < -0.3 is 41.3 Å². The number of nitrogens with zero attached hydrogens (tertiary/aromatic N) is 3. The molecule has 2 atom stereocenters. The summed E-state index contributed by atoms with van der Waals surface area (Å²) in [5.74, 6) is -5.50. The molecule has 5 rings (SSSR count). The van der Waals surface area contributed by atoms with Gasteiger partial charge in [-0.05, 0) is 25.5 Å². The molecule has 0 spiro atoms. The fraction of sp³-hybridized carbons (Fsp3) is 0.290. The Bertz CT molecular complexity index is 1940. The number of ether oxygens (including phenoxy) is 1. The number of anilines is 1. The van der Waals surface area contributed by atoms with Gasteiger partial charge in [0, 0.05) is 23.3 Å². The van der Waals surface area contributed by atoms with E-state index in [2.05, 4.69) is 26.3 Å². The molecule has 2 aromatic rings. The van der Waals surface area contributed by atoms with Crippen molar-refractivity contribution in [2.45, 2.75) is 43.9 Å². The van der Waals surface area contributed by atoms with Crippen molar-refractivity contribution in [3.63, 3.8) is 0 Å². The van der Waals surface area contributed by atoms with E-state index in [0.29, 0.717) is 0 Å². The van der Waals surface area contributed by atoms with Crippen LogP contribution in [-0.4, -0.2) is 95.9 Å². The van der Waals surface area contributed by atoms with E-state index in [1.54, 1.807) is 0 Å². The third kappa shape index (κ3) is 8.33. The van der Waals surface area contributed by atoms with Gasteiger partial charge in [0.2, 0.25) is 17.3 Å². The Morgan fingerprint density at radius 1 is 1.15 bits per heavy atom. The highest BCUT2D eigenvalue weighted by Gasteiger charge is 2.54. The summed E-state index contributed by atoms with van der Waals surface area (Å²) < 4.78 is 4.97. The topological polar surface area (TPSA) is 281 Å². The van der Waals surface area contributed by atoms with E-state index < -0.39 is 64.1 Å². The summed E-state index contributed by atoms with van der Waals surface area (Å²) in [6.07, 6.45) is -1.14. The second kappa shape index (κ2) is 15.5. The summed E-state index contributed by atoms with van der Waals surface area (Å²) in [6, 6.07) is 7.85. The Morgan fingerprint density at radius 2 is 1.88 bits per heavy atom. The van der Waals surface area contributed by atoms with E-state index in [4.69, 9.17) is 20.1 Å². The van der Waals surface area contributed by atoms with E-state index in [1.165, 1.54) is 19.2 Å². The van der Waals surface area contributed by atoms with E-state index in [-0.39, 0.29) is 58.9 Å². The number of Topliss-reactive ketones (excluding diaryl/α,β-unsaturated/α-hetero) is 1. The van der Waals surface area contributed by atoms with Gasteiger partial charge in [-0.3, -0.25) is 34.4 Å². The number of benzene rings is 1. The van der Waals surface area contributed by atoms with Crippen molar-refractivity contribution < 1.29 is 58.5 Å². The zero-order valence-corrected chi connectivity index (χ0v) is 28.9. The molecule has 3 amide bonds. The largest absolute Gasteiger partial charge is 0.512 e. The maximum atomic E-state index is 13.4. The molecular weight excluding hydrogens is 727 g/mol. The number of nitrogen functional groups attached to an aromatic ring is 1. The van der Waals surface area contributed by atoms with E-state index in [9.17, 15) is 44.1 Å². The number of thiazole rings is 1. The van der Waals surface area contributed by atoms with Gasteiger partial charge in [0.05, 0.1) is 24.3 Å². The number of allylic oxidation sites excluding steroid dienone is 2. The van der Waals surface area contributed by atoms with Crippen LogP contribution in [0.15, 0.2) is 75.4 Å². The lowest BCUT2D eigenvalue weighted by Crippen LogP contribution is -2.70. The van der Waals surface area contributed by atoms with E-state index >= 15 is 0 Å². The number of β-lactam (4-membered cyclic amide) rings is 1. The van der Waals surface area contributed by atoms with E-state index in [1.807, 2.05) is 30.3 Å². The minimum absolute atomic E-state index is 0.0348. The zero-order chi connectivity index (χ0) is 37.7. The average Bonchev–Trinajstić information content (AvgIpc) is 3.53. The molecule has 2 aliphatic heterocycles. The Morgan fingerprint density at radius 3 is 2.54 bits per heavy atom. The molecule has 1 aliphatic carbocycles. The molecule has 3 heterocycles. The second-order valence-corrected chi connectivity index (χ2v) is 13.6. The third-order valence-electron chi connectivity index (χ3n) is 7.54. The molecule has 3 aliphatic rings. The van der Waals surface area contributed by atoms with Crippen LogP contribution in [0.5, 0.6) is 0 Å². The van der Waals surface area contributed by atoms with Crippen LogP contribution in [0.1, 0.15) is 31.5 Å². The number of fused-ring (bicyclic) bond motifs is 1. The van der Waals surface area contributed by atoms with Crippen LogP contribution in [0, 0.1) is 0 Å². The van der Waals surface area contributed by atoms with Crippen LogP contribution in [0.4, 0.5) is 9.93 Å². The number of aliphatic hydroxyl groups is 1. The molecule has 0 bridgehead atoms. The Hall–Kier alpha value is -5.93. The van der Waals surface area contributed by atoms with Crippen molar-refractivity contribution >= 4 is 69.6 Å². The lowest BCUT2D eigenvalue weighted by Gasteiger charge is -2.49. The summed E-state index contributed by atoms with van der Waals surface area (Å²) in [5.41, 5.74) is 6.90. The normalized spacial score (nSPS) is 18.9. The first-order valence-corrected chi connectivity index (χ1v) is 17.0. The van der Waals surface area contributed by atoms with Crippen LogP contribution in [-0.2, 0) is 45.0 Å². The van der Waals surface area contributed by atoms with Crippen molar-refractivity contribution in [1.29, 1.82) is 0 Å². The summed E-state index contributed by atoms with van der Waals surface area (Å²) in [6.45, 7) is 2.19. The SMILES string of the molecule is CC(C)(O/N=C(\C(=O)NC1C(=O)N2C(OC(=O)O)=C(CNC(=O)C3=C(NOCc4ccccc4)CC(=O)C(O)=C3)CS[C@@H]12)c1csc(N)n1)C(=O)O. The number of thioether (sulfide) groups is 1. The molecule has 21 heteroatoms. The number of carboxylic acids is 1. The minimum Gasteiger partial charge on any atom is -0.504 e. The van der Waals surface area contributed by atoms with Gasteiger partial charge in [0.1, 0.15) is 17.1 Å². The number of aromatic nitrogens is 1. The number of carboxylic acid groups (broad SMARTS) is 2. The molecule has 19 nitrogen and oxygen atoms in total. The molecule has 8 N–H and O–H groups in total. The Labute approximate surface area is 302 Å². The summed E-state index contributed by atoms with van der Waals surface area (Å²) >= 11 is 2.10. The molecule has 1 unspecified atom stereocenters. The predicted octanol–water partition coefficient (Wildman–Crippen LogP) is 1.12. The Balaban J connectivity index is 1.30. The number of aliphatic hydroxyl groups excluding tert-OH is 1. The number of nitrogens with two attached hydrogens (primary N) is 1. The van der Waals surface area contributed by atoms with E-state index in [0.717, 1.165) is 39.6 Å². The maximum absolute atomic E-state index is 13.4. The van der Waals surface area contributed by atoms with Gasteiger partial charge in [-0.25, -0.2) is 14.6 Å². The fourth-order valence-corrected chi connectivity index (χ4v) is 6.62. The van der Waals surface area contributed by atoms with Crippen LogP contribution >= 0.6 is 23.1 Å². The smallest absolute Gasteiger partial charge is 0.504 e. The first-order chi connectivity index (χ1) is 24.7. The monoisotopic (exact) mass is 757 g/mol. The minimum atomic E-state index is -1.83. The van der Waals surface area contributed by atoms with Gasteiger partial charge in [-0.1, -0.05) is 35.5 Å². The number of carbonyl (C=O) groups excluding carboxylic acids is 4. The van der Waals surface area contributed by atoms with Gasteiger partial charge in [0.15, 0.2) is 16.6 Å². The number of hydrogen-bond donors (Lipinski definition) is 7. The van der Waals surface area contributed by atoms with Crippen molar-refractivity contribution in [2.24, 2.45) is 5.16 Å². The lowest BCUT2D eigenvalue weighted by atomic mass is 10.0. The first-order valence-electron chi connectivity index (χ1n) is 15.1. The number of aliphatic carboxylic acids is 1. The number of nitrogens with one attached hydrogen (secondary N) is 3. The van der Waals surface area contributed by atoms with Crippen LogP contribution in [0.3, 0.4) is 0 Å². The number of amides is 3. The standard InChI is InChI=1S/C31H31N7O12S2/c1-31(2,28(44)45)50-37-21(18-13-52-29(32)34-18)24(42)35-22-25(43)38-26(49-30(46)47)15(12-51-27(22)38)10-33-23(41)16-8-19(39)20(40)9-17(16)36-48-11-14-6-4-3-5-7-14/h3-8,13,22,27,36,39H,9-12H2,1-2H3,(H2,32,34)(H,33,41)(H,35,42)(H,44,45)(H,46,47)/b37-21-/t22?,27-/m0/s1. The molecule has 0 saturated carbocycles. The molecular formula is C31H31N7O12S2. The number of oxime groups is 1. The summed E-state index contributed by atoms with van der Waals surface area (Å²) in [5, 5.41) is 38.3. The quantitative estimate of drug-likeness (QED) is 0.0615. The molecule has 1 saturated heterocycles. The van der Waals surface area contributed by atoms with Gasteiger partial charge in [0.25, 0.3) is 17.7 Å². The van der Waals surface area contributed by atoms with Crippen LogP contribution < -0.4 is 21.8 Å². The summed E-state index contributed by atoms with van der Waals surface area (Å²) in [4.78, 5) is 90.9. The number of carbonyl (C=O) groups is 6.